The van der Waals surface area contributed by atoms with Crippen LogP contribution in [-0.4, -0.2) is 45.7 Å². The predicted molar refractivity (Wildman–Crippen MR) is 47.3 cm³/mol. The summed E-state index contributed by atoms with van der Waals surface area (Å²) in [6.07, 6.45) is 0. The third-order valence-corrected chi connectivity index (χ3v) is 1.55. The van der Waals surface area contributed by atoms with Crippen LogP contribution in [0.25, 0.3) is 0 Å². The van der Waals surface area contributed by atoms with Crippen molar-refractivity contribution in [2.75, 3.05) is 26.3 Å². The van der Waals surface area contributed by atoms with Gasteiger partial charge in [0, 0.05) is 30.2 Å². The number of hydrogen-bond donors (Lipinski definition) is 3. The molecule has 3 nitrogen and oxygen atoms in total. The van der Waals surface area contributed by atoms with E-state index in [0.717, 1.165) is 0 Å². The van der Waals surface area contributed by atoms with Gasteiger partial charge >= 0.3 is 0 Å². The molecule has 0 aliphatic heterocycles. The quantitative estimate of drug-likeness (QED) is 0.354. The first kappa shape index (κ1) is 14.2. The van der Waals surface area contributed by atoms with E-state index in [1.807, 2.05) is 0 Å². The maximum Gasteiger partial charge on any atom is 0.133 e. The number of hydrogen-bond acceptors (Lipinski definition) is 3. The smallest absolute Gasteiger partial charge is 0.133 e. The number of rotatable bonds is 4. The standard InChI is InChI=1S/C5H11NO2S2.Cu/c7-3-1-6(2-4-8)5(9)10;/h7-8H,1-4H2,(H,9,10);. The molecule has 0 saturated heterocycles. The van der Waals surface area contributed by atoms with Crippen molar-refractivity contribution in [2.24, 2.45) is 0 Å². The number of thiocarbonyl (C=S) groups is 1. The van der Waals surface area contributed by atoms with E-state index in [4.69, 9.17) is 22.4 Å². The van der Waals surface area contributed by atoms with Gasteiger partial charge in [0.15, 0.2) is 0 Å². The molecular formula is C5H11CuNO2S2. The summed E-state index contributed by atoms with van der Waals surface area (Å²) in [4.78, 5) is 1.62. The van der Waals surface area contributed by atoms with E-state index in [2.05, 4.69) is 12.6 Å². The third kappa shape index (κ3) is 7.05. The fourth-order valence-electron chi connectivity index (χ4n) is 0.545. The molecule has 0 bridgehead atoms. The van der Waals surface area contributed by atoms with Crippen LogP contribution in [0.15, 0.2) is 0 Å². The Morgan fingerprint density at radius 2 is 1.64 bits per heavy atom. The molecule has 0 saturated carbocycles. The number of aliphatic hydroxyl groups is 2. The zero-order valence-corrected chi connectivity index (χ0v) is 8.48. The van der Waals surface area contributed by atoms with E-state index in [1.54, 1.807) is 4.90 Å². The minimum Gasteiger partial charge on any atom is -0.395 e. The van der Waals surface area contributed by atoms with Crippen molar-refractivity contribution in [3.8, 4) is 0 Å². The molecule has 0 spiro atoms. The molecule has 0 aromatic rings. The van der Waals surface area contributed by atoms with E-state index >= 15 is 0 Å². The van der Waals surface area contributed by atoms with Crippen LogP contribution in [-0.2, 0) is 17.1 Å². The molecule has 1 radical (unpaired) electrons. The van der Waals surface area contributed by atoms with Crippen molar-refractivity contribution in [1.82, 2.24) is 4.90 Å². The summed E-state index contributed by atoms with van der Waals surface area (Å²) in [5, 5.41) is 17.0. The molecule has 11 heavy (non-hydrogen) atoms. The molecule has 0 fully saturated rings. The van der Waals surface area contributed by atoms with Gasteiger partial charge < -0.3 is 15.1 Å². The molecule has 0 aromatic carbocycles. The topological polar surface area (TPSA) is 43.7 Å². The molecule has 0 aliphatic carbocycles. The van der Waals surface area contributed by atoms with Gasteiger partial charge in [-0.25, -0.2) is 0 Å². The van der Waals surface area contributed by atoms with Crippen molar-refractivity contribution in [2.45, 2.75) is 0 Å². The summed E-state index contributed by atoms with van der Waals surface area (Å²) in [7, 11) is 0. The molecule has 2 N–H and O–H groups in total. The van der Waals surface area contributed by atoms with Crippen LogP contribution in [0.5, 0.6) is 0 Å². The monoisotopic (exact) mass is 244 g/mol. The van der Waals surface area contributed by atoms with Gasteiger partial charge in [0.05, 0.1) is 13.2 Å². The fraction of sp³-hybridized carbons (Fsp3) is 0.800. The average molecular weight is 245 g/mol. The second-order valence-electron chi connectivity index (χ2n) is 1.72. The van der Waals surface area contributed by atoms with E-state index in [0.29, 0.717) is 17.4 Å². The summed E-state index contributed by atoms with van der Waals surface area (Å²) in [6, 6.07) is 0. The van der Waals surface area contributed by atoms with Gasteiger partial charge in [0.2, 0.25) is 0 Å². The molecule has 0 amide bonds. The van der Waals surface area contributed by atoms with Gasteiger partial charge in [0.25, 0.3) is 0 Å². The average Bonchev–Trinajstić information content (AvgIpc) is 1.87. The van der Waals surface area contributed by atoms with Gasteiger partial charge in [0.1, 0.15) is 4.32 Å². The first-order chi connectivity index (χ1) is 4.72. The third-order valence-electron chi connectivity index (χ3n) is 1.01. The Balaban J connectivity index is 0. The summed E-state index contributed by atoms with van der Waals surface area (Å²) in [5.41, 5.74) is 0. The van der Waals surface area contributed by atoms with Crippen LogP contribution in [0.4, 0.5) is 0 Å². The Morgan fingerprint density at radius 1 is 1.27 bits per heavy atom. The second kappa shape index (κ2) is 8.77. The molecular weight excluding hydrogens is 234 g/mol. The van der Waals surface area contributed by atoms with E-state index in [1.165, 1.54) is 0 Å². The number of thiol groups is 1. The van der Waals surface area contributed by atoms with Crippen molar-refractivity contribution < 1.29 is 27.3 Å². The first-order valence-electron chi connectivity index (χ1n) is 2.92. The normalized spacial score (nSPS) is 8.64. The summed E-state index contributed by atoms with van der Waals surface area (Å²) < 4.78 is 0.406. The second-order valence-corrected chi connectivity index (χ2v) is 2.83. The summed E-state index contributed by atoms with van der Waals surface area (Å²) >= 11 is 8.61. The van der Waals surface area contributed by atoms with Gasteiger partial charge in [-0.2, -0.15) is 0 Å². The minimum atomic E-state index is 0. The van der Waals surface area contributed by atoms with E-state index in [-0.39, 0.29) is 30.3 Å². The minimum absolute atomic E-state index is 0. The Morgan fingerprint density at radius 3 is 1.82 bits per heavy atom. The Labute approximate surface area is 87.7 Å². The first-order valence-corrected chi connectivity index (χ1v) is 3.77. The Hall–Kier alpha value is 0.679. The molecule has 71 valence electrons. The molecule has 0 aromatic heterocycles. The van der Waals surface area contributed by atoms with Crippen LogP contribution in [0.2, 0.25) is 0 Å². The number of aliphatic hydroxyl groups excluding tert-OH is 2. The maximum atomic E-state index is 8.50. The fourth-order valence-corrected chi connectivity index (χ4v) is 0.927. The van der Waals surface area contributed by atoms with Crippen LogP contribution < -0.4 is 0 Å². The molecule has 0 rings (SSSR count). The largest absolute Gasteiger partial charge is 0.395 e. The SMILES string of the molecule is OCCN(CCO)C(=S)S.[Cu]. The molecule has 0 heterocycles. The van der Waals surface area contributed by atoms with Gasteiger partial charge in [-0.3, -0.25) is 0 Å². The van der Waals surface area contributed by atoms with Crippen molar-refractivity contribution in [1.29, 1.82) is 0 Å². The Bertz CT molecular complexity index is 109. The van der Waals surface area contributed by atoms with Crippen LogP contribution in [0.3, 0.4) is 0 Å². The van der Waals surface area contributed by atoms with E-state index < -0.39 is 0 Å². The molecule has 6 heteroatoms. The number of nitrogens with zero attached hydrogens (tertiary/aromatic N) is 1. The van der Waals surface area contributed by atoms with Crippen LogP contribution >= 0.6 is 24.8 Å². The van der Waals surface area contributed by atoms with Gasteiger partial charge in [-0.05, 0) is 0 Å². The van der Waals surface area contributed by atoms with Crippen molar-refractivity contribution in [3.05, 3.63) is 0 Å². The maximum absolute atomic E-state index is 8.50. The molecule has 0 atom stereocenters. The van der Waals surface area contributed by atoms with Gasteiger partial charge in [-0.1, -0.05) is 12.2 Å². The molecule has 0 aliphatic rings. The summed E-state index contributed by atoms with van der Waals surface area (Å²) in [6.45, 7) is 0.924. The van der Waals surface area contributed by atoms with E-state index in [9.17, 15) is 0 Å². The molecule has 0 unspecified atom stereocenters. The Kier molecular flexibility index (Phi) is 11.3. The van der Waals surface area contributed by atoms with Crippen molar-refractivity contribution >= 4 is 29.2 Å². The zero-order chi connectivity index (χ0) is 7.98. The summed E-state index contributed by atoms with van der Waals surface area (Å²) in [5.74, 6) is 0. The van der Waals surface area contributed by atoms with Crippen LogP contribution in [0.1, 0.15) is 0 Å². The van der Waals surface area contributed by atoms with Gasteiger partial charge in [-0.15, -0.1) is 12.6 Å². The predicted octanol–water partition coefficient (Wildman–Crippen LogP) is -0.515. The van der Waals surface area contributed by atoms with Crippen LogP contribution in [0, 0.1) is 0 Å². The zero-order valence-electron chi connectivity index (χ0n) is 5.83. The van der Waals surface area contributed by atoms with Crippen molar-refractivity contribution in [3.63, 3.8) is 0 Å².